The Morgan fingerprint density at radius 1 is 1.40 bits per heavy atom. The number of aryl methyl sites for hydroxylation is 1. The van der Waals surface area contributed by atoms with E-state index in [-0.39, 0.29) is 18.1 Å². The van der Waals surface area contributed by atoms with Gasteiger partial charge in [0.05, 0.1) is 11.0 Å². The van der Waals surface area contributed by atoms with Crippen molar-refractivity contribution < 1.29 is 13.2 Å². The number of carbonyl (C=O) groups excluding carboxylic acids is 1. The predicted molar refractivity (Wildman–Crippen MR) is 82.4 cm³/mol. The van der Waals surface area contributed by atoms with Crippen LogP contribution in [0.5, 0.6) is 0 Å². The van der Waals surface area contributed by atoms with E-state index in [2.05, 4.69) is 5.32 Å². The lowest BCUT2D eigenvalue weighted by Gasteiger charge is -2.11. The number of benzene rings is 1. The van der Waals surface area contributed by atoms with Crippen LogP contribution in [0.3, 0.4) is 0 Å². The van der Waals surface area contributed by atoms with Crippen molar-refractivity contribution in [3.8, 4) is 0 Å². The Morgan fingerprint density at radius 2 is 2.05 bits per heavy atom. The van der Waals surface area contributed by atoms with E-state index in [4.69, 9.17) is 5.73 Å². The first kappa shape index (κ1) is 16.5. The molecule has 0 aliphatic carbocycles. The standard InChI is InChI=1S/C14H22N2O3S/c1-4-11(3)20(18,19)8-7-14(17)16-13-6-5-12(15)9-10(13)2/h5-6,9,11H,4,7-8,15H2,1-3H3,(H,16,17). The molecular formula is C14H22N2O3S. The molecule has 1 aromatic carbocycles. The van der Waals surface area contributed by atoms with E-state index >= 15 is 0 Å². The highest BCUT2D eigenvalue weighted by Gasteiger charge is 2.20. The summed E-state index contributed by atoms with van der Waals surface area (Å²) in [6.45, 7) is 5.32. The van der Waals surface area contributed by atoms with Crippen LogP contribution in [0.4, 0.5) is 11.4 Å². The first-order chi connectivity index (χ1) is 9.26. The van der Waals surface area contributed by atoms with Gasteiger partial charge in [0.2, 0.25) is 5.91 Å². The fraction of sp³-hybridized carbons (Fsp3) is 0.500. The molecule has 1 amide bonds. The average Bonchev–Trinajstić information content (AvgIpc) is 2.39. The minimum Gasteiger partial charge on any atom is -0.399 e. The molecule has 20 heavy (non-hydrogen) atoms. The van der Waals surface area contributed by atoms with Gasteiger partial charge in [-0.05, 0) is 44.0 Å². The molecule has 3 N–H and O–H groups in total. The molecular weight excluding hydrogens is 276 g/mol. The maximum atomic E-state index is 11.8. The Bertz CT molecular complexity index is 582. The van der Waals surface area contributed by atoms with Gasteiger partial charge in [0, 0.05) is 17.8 Å². The normalized spacial score (nSPS) is 12.9. The number of anilines is 2. The Morgan fingerprint density at radius 3 is 2.60 bits per heavy atom. The van der Waals surface area contributed by atoms with Crippen LogP contribution in [0.25, 0.3) is 0 Å². The van der Waals surface area contributed by atoms with Crippen molar-refractivity contribution >= 4 is 27.1 Å². The third-order valence-electron chi connectivity index (χ3n) is 3.33. The molecule has 0 radical (unpaired) electrons. The monoisotopic (exact) mass is 298 g/mol. The Labute approximate surface area is 120 Å². The third kappa shape index (κ3) is 4.52. The molecule has 0 aliphatic rings. The van der Waals surface area contributed by atoms with Gasteiger partial charge in [-0.3, -0.25) is 4.79 Å². The minimum atomic E-state index is -3.20. The summed E-state index contributed by atoms with van der Waals surface area (Å²) in [6.07, 6.45) is 0.525. The number of nitrogens with two attached hydrogens (primary N) is 1. The molecule has 0 bridgehead atoms. The van der Waals surface area contributed by atoms with Crippen molar-refractivity contribution in [2.75, 3.05) is 16.8 Å². The molecule has 0 heterocycles. The lowest BCUT2D eigenvalue weighted by Crippen LogP contribution is -2.24. The number of nitrogen functional groups attached to an aromatic ring is 1. The van der Waals surface area contributed by atoms with Crippen LogP contribution in [0.2, 0.25) is 0 Å². The summed E-state index contributed by atoms with van der Waals surface area (Å²) in [5.41, 5.74) is 7.76. The molecule has 0 saturated carbocycles. The molecule has 1 atom stereocenters. The van der Waals surface area contributed by atoms with E-state index < -0.39 is 15.1 Å². The van der Waals surface area contributed by atoms with E-state index in [0.717, 1.165) is 5.56 Å². The number of rotatable bonds is 6. The van der Waals surface area contributed by atoms with E-state index in [1.807, 2.05) is 13.8 Å². The summed E-state index contributed by atoms with van der Waals surface area (Å²) >= 11 is 0. The molecule has 0 fully saturated rings. The second kappa shape index (κ2) is 6.74. The summed E-state index contributed by atoms with van der Waals surface area (Å²) in [4.78, 5) is 11.8. The first-order valence-corrected chi connectivity index (χ1v) is 8.35. The van der Waals surface area contributed by atoms with E-state index in [1.165, 1.54) is 0 Å². The van der Waals surface area contributed by atoms with Gasteiger partial charge in [-0.2, -0.15) is 0 Å². The zero-order chi connectivity index (χ0) is 15.3. The average molecular weight is 298 g/mol. The van der Waals surface area contributed by atoms with Crippen LogP contribution in [0.1, 0.15) is 32.3 Å². The van der Waals surface area contributed by atoms with E-state index in [1.54, 1.807) is 25.1 Å². The molecule has 1 unspecified atom stereocenters. The van der Waals surface area contributed by atoms with Gasteiger partial charge in [-0.1, -0.05) is 6.92 Å². The molecule has 0 saturated heterocycles. The van der Waals surface area contributed by atoms with Gasteiger partial charge in [-0.15, -0.1) is 0 Å². The van der Waals surface area contributed by atoms with Crippen LogP contribution in [-0.2, 0) is 14.6 Å². The summed E-state index contributed by atoms with van der Waals surface area (Å²) < 4.78 is 23.7. The number of hydrogen-bond acceptors (Lipinski definition) is 4. The van der Waals surface area contributed by atoms with Gasteiger partial charge < -0.3 is 11.1 Å². The van der Waals surface area contributed by atoms with Crippen molar-refractivity contribution in [2.24, 2.45) is 0 Å². The molecule has 5 nitrogen and oxygen atoms in total. The smallest absolute Gasteiger partial charge is 0.225 e. The number of amides is 1. The van der Waals surface area contributed by atoms with Gasteiger partial charge in [0.1, 0.15) is 0 Å². The molecule has 0 aliphatic heterocycles. The fourth-order valence-electron chi connectivity index (χ4n) is 1.73. The minimum absolute atomic E-state index is 0.0313. The maximum absolute atomic E-state index is 11.8. The molecule has 1 aromatic rings. The topological polar surface area (TPSA) is 89.3 Å². The summed E-state index contributed by atoms with van der Waals surface area (Å²) in [5, 5.41) is 2.30. The van der Waals surface area contributed by atoms with Crippen molar-refractivity contribution in [1.82, 2.24) is 0 Å². The fourth-order valence-corrected chi connectivity index (χ4v) is 3.11. The van der Waals surface area contributed by atoms with Crippen molar-refractivity contribution in [3.63, 3.8) is 0 Å². The van der Waals surface area contributed by atoms with Crippen LogP contribution in [-0.4, -0.2) is 25.3 Å². The molecule has 6 heteroatoms. The lowest BCUT2D eigenvalue weighted by atomic mass is 10.2. The lowest BCUT2D eigenvalue weighted by molar-refractivity contribution is -0.115. The van der Waals surface area contributed by atoms with Crippen LogP contribution in [0, 0.1) is 6.92 Å². The van der Waals surface area contributed by atoms with E-state index in [9.17, 15) is 13.2 Å². The zero-order valence-corrected chi connectivity index (χ0v) is 13.0. The van der Waals surface area contributed by atoms with Crippen molar-refractivity contribution in [2.45, 2.75) is 38.9 Å². The SMILES string of the molecule is CCC(C)S(=O)(=O)CCC(=O)Nc1ccc(N)cc1C. The number of nitrogens with one attached hydrogen (secondary N) is 1. The third-order valence-corrected chi connectivity index (χ3v) is 5.66. The Kier molecular flexibility index (Phi) is 5.56. The second-order valence-corrected chi connectivity index (χ2v) is 7.50. The Balaban J connectivity index is 2.61. The summed E-state index contributed by atoms with van der Waals surface area (Å²) in [7, 11) is -3.20. The predicted octanol–water partition coefficient (Wildman–Crippen LogP) is 2.12. The Hall–Kier alpha value is -1.56. The van der Waals surface area contributed by atoms with Gasteiger partial charge in [-0.25, -0.2) is 8.42 Å². The van der Waals surface area contributed by atoms with Crippen LogP contribution >= 0.6 is 0 Å². The van der Waals surface area contributed by atoms with E-state index in [0.29, 0.717) is 17.8 Å². The highest BCUT2D eigenvalue weighted by molar-refractivity contribution is 7.92. The zero-order valence-electron chi connectivity index (χ0n) is 12.1. The van der Waals surface area contributed by atoms with Crippen LogP contribution < -0.4 is 11.1 Å². The molecule has 1 rings (SSSR count). The van der Waals surface area contributed by atoms with Crippen molar-refractivity contribution in [1.29, 1.82) is 0 Å². The molecule has 0 aromatic heterocycles. The molecule has 0 spiro atoms. The summed E-state index contributed by atoms with van der Waals surface area (Å²) in [6, 6.07) is 5.16. The highest BCUT2D eigenvalue weighted by atomic mass is 32.2. The first-order valence-electron chi connectivity index (χ1n) is 6.63. The van der Waals surface area contributed by atoms with Gasteiger partial charge in [0.15, 0.2) is 9.84 Å². The number of sulfone groups is 1. The quantitative estimate of drug-likeness (QED) is 0.787. The maximum Gasteiger partial charge on any atom is 0.225 e. The van der Waals surface area contributed by atoms with Gasteiger partial charge >= 0.3 is 0 Å². The highest BCUT2D eigenvalue weighted by Crippen LogP contribution is 2.18. The second-order valence-electron chi connectivity index (χ2n) is 4.96. The summed E-state index contributed by atoms with van der Waals surface area (Å²) in [5.74, 6) is -0.424. The van der Waals surface area contributed by atoms with Crippen LogP contribution in [0.15, 0.2) is 18.2 Å². The largest absolute Gasteiger partial charge is 0.399 e. The number of carbonyl (C=O) groups is 1. The number of hydrogen-bond donors (Lipinski definition) is 2. The molecule has 112 valence electrons. The van der Waals surface area contributed by atoms with Gasteiger partial charge in [0.25, 0.3) is 0 Å². The van der Waals surface area contributed by atoms with Crippen molar-refractivity contribution in [3.05, 3.63) is 23.8 Å².